The van der Waals surface area contributed by atoms with Gasteiger partial charge in [0.05, 0.1) is 41.1 Å². The van der Waals surface area contributed by atoms with Gasteiger partial charge < -0.3 is 25.7 Å². The van der Waals surface area contributed by atoms with E-state index in [9.17, 15) is 34.2 Å². The van der Waals surface area contributed by atoms with Crippen LogP contribution in [-0.2, 0) is 11.4 Å². The molecule has 2 rings (SSSR count). The minimum atomic E-state index is -1.48. The molecule has 12 heteroatoms. The van der Waals surface area contributed by atoms with Crippen molar-refractivity contribution in [1.82, 2.24) is 10.8 Å². The number of benzene rings is 2. The van der Waals surface area contributed by atoms with Crippen LogP contribution >= 0.6 is 0 Å². The lowest BCUT2D eigenvalue weighted by Gasteiger charge is -2.11. The second-order valence-corrected chi connectivity index (χ2v) is 5.97. The van der Waals surface area contributed by atoms with Gasteiger partial charge in [-0.05, 0) is 35.9 Å². The average Bonchev–Trinajstić information content (AvgIpc) is 2.72. The number of carboxylic acids is 4. The predicted octanol–water partition coefficient (Wildman–Crippen LogP) is 0.888. The van der Waals surface area contributed by atoms with Crippen molar-refractivity contribution in [1.29, 1.82) is 0 Å². The minimum absolute atomic E-state index is 0.175. The quantitative estimate of drug-likeness (QED) is 0.177. The minimum Gasteiger partial charge on any atom is -0.478 e. The highest BCUT2D eigenvalue weighted by molar-refractivity contribution is 6.06. The van der Waals surface area contributed by atoms with Crippen LogP contribution in [0.2, 0.25) is 0 Å². The maximum atomic E-state index is 12.2. The first-order valence-corrected chi connectivity index (χ1v) is 8.44. The van der Waals surface area contributed by atoms with Crippen LogP contribution < -0.4 is 10.8 Å². The number of rotatable bonds is 10. The molecule has 12 nitrogen and oxygen atoms in total. The fraction of sp³-hybridized carbons (Fsp3) is 0.105. The van der Waals surface area contributed by atoms with Crippen molar-refractivity contribution in [2.45, 2.75) is 6.61 Å². The SMILES string of the molecule is O=C(O)c1ccc(CONCNC(=O)c2ccc(C(=O)O)cc2C(=O)O)c(C(=O)O)c1. The van der Waals surface area contributed by atoms with Crippen molar-refractivity contribution in [2.24, 2.45) is 0 Å². The van der Waals surface area contributed by atoms with Crippen LogP contribution in [0.15, 0.2) is 36.4 Å². The molecule has 6 N–H and O–H groups in total. The fourth-order valence-corrected chi connectivity index (χ4v) is 2.48. The van der Waals surface area contributed by atoms with Crippen molar-refractivity contribution >= 4 is 29.8 Å². The molecule has 0 heterocycles. The topological polar surface area (TPSA) is 200 Å². The summed E-state index contributed by atoms with van der Waals surface area (Å²) in [6.07, 6.45) is 0. The third-order valence-electron chi connectivity index (χ3n) is 3.98. The highest BCUT2D eigenvalue weighted by atomic mass is 16.6. The van der Waals surface area contributed by atoms with Crippen LogP contribution in [0.4, 0.5) is 0 Å². The van der Waals surface area contributed by atoms with Crippen molar-refractivity contribution in [2.75, 3.05) is 6.67 Å². The summed E-state index contributed by atoms with van der Waals surface area (Å²) in [6, 6.07) is 6.48. The van der Waals surface area contributed by atoms with Gasteiger partial charge in [0, 0.05) is 0 Å². The van der Waals surface area contributed by atoms with Gasteiger partial charge in [0.2, 0.25) is 0 Å². The molecule has 0 unspecified atom stereocenters. The first kappa shape index (κ1) is 23.0. The number of hydrogen-bond donors (Lipinski definition) is 6. The van der Waals surface area contributed by atoms with Gasteiger partial charge in [-0.3, -0.25) is 9.63 Å². The Morgan fingerprint density at radius 1 is 0.710 bits per heavy atom. The van der Waals surface area contributed by atoms with E-state index in [-0.39, 0.29) is 41.1 Å². The molecule has 0 aliphatic carbocycles. The van der Waals surface area contributed by atoms with E-state index in [1.54, 1.807) is 0 Å². The number of hydrogen-bond acceptors (Lipinski definition) is 7. The standard InChI is InChI=1S/C19H16N2O10/c22-15(12-4-3-10(17(25)26)6-14(12)19(29)30)20-8-21-31-7-11-2-1-9(16(23)24)5-13(11)18(27)28/h1-6,21H,7-8H2,(H,20,22)(H,23,24)(H,25,26)(H,27,28)(H,29,30). The molecule has 0 fully saturated rings. The van der Waals surface area contributed by atoms with Crippen LogP contribution in [0.5, 0.6) is 0 Å². The summed E-state index contributed by atoms with van der Waals surface area (Å²) in [5, 5.41) is 38.5. The molecule has 0 aliphatic heterocycles. The van der Waals surface area contributed by atoms with E-state index in [1.165, 1.54) is 12.1 Å². The maximum absolute atomic E-state index is 12.2. The molecule has 1 amide bonds. The third-order valence-corrected chi connectivity index (χ3v) is 3.98. The van der Waals surface area contributed by atoms with Crippen molar-refractivity contribution in [3.63, 3.8) is 0 Å². The van der Waals surface area contributed by atoms with Gasteiger partial charge in [0.1, 0.15) is 0 Å². The van der Waals surface area contributed by atoms with Crippen LogP contribution in [-0.4, -0.2) is 56.9 Å². The number of amides is 1. The number of carbonyl (C=O) groups is 5. The van der Waals surface area contributed by atoms with Crippen molar-refractivity contribution in [3.8, 4) is 0 Å². The van der Waals surface area contributed by atoms with Crippen LogP contribution in [0, 0.1) is 0 Å². The van der Waals surface area contributed by atoms with Crippen molar-refractivity contribution < 1.29 is 49.2 Å². The largest absolute Gasteiger partial charge is 0.478 e. The molecule has 31 heavy (non-hydrogen) atoms. The predicted molar refractivity (Wildman–Crippen MR) is 101 cm³/mol. The Morgan fingerprint density at radius 2 is 1.26 bits per heavy atom. The summed E-state index contributed by atoms with van der Waals surface area (Å²) in [5.41, 5.74) is 0.979. The lowest BCUT2D eigenvalue weighted by atomic mass is 10.0. The van der Waals surface area contributed by atoms with E-state index < -0.39 is 35.3 Å². The third kappa shape index (κ3) is 5.85. The molecular formula is C19H16N2O10. The molecule has 0 radical (unpaired) electrons. The highest BCUT2D eigenvalue weighted by Gasteiger charge is 2.19. The Morgan fingerprint density at radius 3 is 1.81 bits per heavy atom. The molecule has 0 saturated heterocycles. The Hall–Kier alpha value is -4.29. The Kier molecular flexibility index (Phi) is 7.38. The van der Waals surface area contributed by atoms with Gasteiger partial charge in [-0.25, -0.2) is 19.2 Å². The van der Waals surface area contributed by atoms with Gasteiger partial charge in [-0.1, -0.05) is 6.07 Å². The maximum Gasteiger partial charge on any atom is 0.336 e. The highest BCUT2D eigenvalue weighted by Crippen LogP contribution is 2.14. The molecule has 0 spiro atoms. The monoisotopic (exact) mass is 432 g/mol. The van der Waals surface area contributed by atoms with Gasteiger partial charge in [-0.15, -0.1) is 0 Å². The number of carbonyl (C=O) groups excluding carboxylic acids is 1. The summed E-state index contributed by atoms with van der Waals surface area (Å²) < 4.78 is 0. The molecule has 0 bridgehead atoms. The van der Waals surface area contributed by atoms with Crippen LogP contribution in [0.1, 0.15) is 57.4 Å². The number of nitrogens with one attached hydrogen (secondary N) is 2. The van der Waals surface area contributed by atoms with Gasteiger partial charge in [-0.2, -0.15) is 5.48 Å². The zero-order valence-corrected chi connectivity index (χ0v) is 15.6. The molecule has 0 aromatic heterocycles. The molecule has 162 valence electrons. The number of hydroxylamine groups is 1. The van der Waals surface area contributed by atoms with Gasteiger partial charge in [0.15, 0.2) is 0 Å². The normalized spacial score (nSPS) is 10.3. The van der Waals surface area contributed by atoms with E-state index in [4.69, 9.17) is 15.1 Å². The van der Waals surface area contributed by atoms with Crippen LogP contribution in [0.3, 0.4) is 0 Å². The summed E-state index contributed by atoms with van der Waals surface area (Å²) >= 11 is 0. The smallest absolute Gasteiger partial charge is 0.336 e. The Labute approximate surface area is 173 Å². The molecule has 0 aliphatic rings. The second-order valence-electron chi connectivity index (χ2n) is 5.97. The summed E-state index contributed by atoms with van der Waals surface area (Å²) in [6.45, 7) is -0.570. The number of aromatic carboxylic acids is 4. The zero-order chi connectivity index (χ0) is 23.1. The van der Waals surface area contributed by atoms with Gasteiger partial charge >= 0.3 is 23.9 Å². The van der Waals surface area contributed by atoms with E-state index in [0.717, 1.165) is 24.3 Å². The lowest BCUT2D eigenvalue weighted by molar-refractivity contribution is 0.0225. The van der Waals surface area contributed by atoms with E-state index >= 15 is 0 Å². The van der Waals surface area contributed by atoms with E-state index in [0.29, 0.717) is 0 Å². The second kappa shape index (κ2) is 9.96. The summed E-state index contributed by atoms with van der Waals surface area (Å²) in [4.78, 5) is 61.7. The van der Waals surface area contributed by atoms with E-state index in [1.807, 2.05) is 0 Å². The van der Waals surface area contributed by atoms with Crippen LogP contribution in [0.25, 0.3) is 0 Å². The first-order valence-electron chi connectivity index (χ1n) is 8.44. The first-order chi connectivity index (χ1) is 14.6. The summed E-state index contributed by atoms with van der Waals surface area (Å²) in [5.74, 6) is -6.28. The fourth-order valence-electron chi connectivity index (χ4n) is 2.48. The molecular weight excluding hydrogens is 416 g/mol. The molecule has 2 aromatic rings. The average molecular weight is 432 g/mol. The number of carboxylic acid groups (broad SMARTS) is 4. The lowest BCUT2D eigenvalue weighted by Crippen LogP contribution is -2.34. The molecule has 2 aromatic carbocycles. The zero-order valence-electron chi connectivity index (χ0n) is 15.6. The molecule has 0 atom stereocenters. The Bertz CT molecular complexity index is 1060. The van der Waals surface area contributed by atoms with E-state index in [2.05, 4.69) is 10.8 Å². The summed E-state index contributed by atoms with van der Waals surface area (Å²) in [7, 11) is 0. The van der Waals surface area contributed by atoms with Crippen molar-refractivity contribution in [3.05, 3.63) is 69.8 Å². The molecule has 0 saturated carbocycles. The van der Waals surface area contributed by atoms with Gasteiger partial charge in [0.25, 0.3) is 5.91 Å². The Balaban J connectivity index is 1.96.